The van der Waals surface area contributed by atoms with Crippen LogP contribution in [0.2, 0.25) is 0 Å². The van der Waals surface area contributed by atoms with E-state index in [1.807, 2.05) is 11.9 Å². The van der Waals surface area contributed by atoms with Crippen LogP contribution in [0.5, 0.6) is 5.75 Å². The average Bonchev–Trinajstić information content (AvgIpc) is 3.15. The van der Waals surface area contributed by atoms with Gasteiger partial charge >= 0.3 is 6.18 Å². The molecular weight excluding hydrogens is 389 g/mol. The molecule has 2 heterocycles. The fourth-order valence-electron chi connectivity index (χ4n) is 2.90. The molecule has 10 heteroatoms. The maximum atomic E-state index is 13.1. The van der Waals surface area contributed by atoms with Gasteiger partial charge in [0.05, 0.1) is 5.56 Å². The molecule has 1 aliphatic rings. The molecule has 1 aromatic heterocycles. The van der Waals surface area contributed by atoms with Gasteiger partial charge < -0.3 is 9.64 Å². The van der Waals surface area contributed by atoms with Crippen molar-refractivity contribution in [1.29, 1.82) is 0 Å². The van der Waals surface area contributed by atoms with Gasteiger partial charge in [0.1, 0.15) is 16.1 Å². The van der Waals surface area contributed by atoms with Crippen LogP contribution in [-0.4, -0.2) is 39.6 Å². The molecule has 2 aromatic rings. The van der Waals surface area contributed by atoms with Crippen molar-refractivity contribution in [2.75, 3.05) is 20.1 Å². The molecule has 1 fully saturated rings. The van der Waals surface area contributed by atoms with Crippen LogP contribution in [0.3, 0.4) is 0 Å². The van der Waals surface area contributed by atoms with Crippen LogP contribution < -0.4 is 9.88 Å². The largest absolute Gasteiger partial charge is 0.488 e. The van der Waals surface area contributed by atoms with Crippen molar-refractivity contribution in [3.05, 3.63) is 35.2 Å². The number of thiophene rings is 1. The van der Waals surface area contributed by atoms with E-state index < -0.39 is 21.8 Å². The molecule has 0 radical (unpaired) electrons. The van der Waals surface area contributed by atoms with Gasteiger partial charge in [-0.05, 0) is 43.1 Å². The Bertz CT molecular complexity index is 910. The first-order valence-electron chi connectivity index (χ1n) is 7.73. The first kappa shape index (κ1) is 19.2. The molecule has 1 atom stereocenters. The quantitative estimate of drug-likeness (QED) is 0.847. The number of sulfonamides is 1. The Hall–Kier alpha value is -1.62. The lowest BCUT2D eigenvalue weighted by atomic mass is 10.0. The summed E-state index contributed by atoms with van der Waals surface area (Å²) in [5.41, 5.74) is -0.333. The van der Waals surface area contributed by atoms with Crippen molar-refractivity contribution in [3.8, 4) is 16.9 Å². The second-order valence-corrected chi connectivity index (χ2v) is 8.84. The summed E-state index contributed by atoms with van der Waals surface area (Å²) in [6.45, 7) is 1.36. The molecule has 1 aromatic carbocycles. The maximum absolute atomic E-state index is 13.1. The SMILES string of the molecule is CN1CC[C@@H](Oc2cc(C(F)(F)F)ccc2-c2ccsc2S(N)(=O)=O)C1. The summed E-state index contributed by atoms with van der Waals surface area (Å²) >= 11 is 0.914. The third-order valence-electron chi connectivity index (χ3n) is 4.13. The number of benzene rings is 1. The molecule has 2 N–H and O–H groups in total. The Kier molecular flexibility index (Phi) is 5.04. The van der Waals surface area contributed by atoms with Crippen LogP contribution in [0.25, 0.3) is 11.1 Å². The Morgan fingerprint density at radius 3 is 2.58 bits per heavy atom. The monoisotopic (exact) mass is 406 g/mol. The van der Waals surface area contributed by atoms with Crippen LogP contribution in [-0.2, 0) is 16.2 Å². The van der Waals surface area contributed by atoms with E-state index >= 15 is 0 Å². The lowest BCUT2D eigenvalue weighted by Crippen LogP contribution is -2.22. The van der Waals surface area contributed by atoms with E-state index in [9.17, 15) is 21.6 Å². The molecule has 0 aliphatic carbocycles. The smallest absolute Gasteiger partial charge is 0.416 e. The topological polar surface area (TPSA) is 72.6 Å². The highest BCUT2D eigenvalue weighted by Gasteiger charge is 2.33. The number of hydrogen-bond acceptors (Lipinski definition) is 5. The summed E-state index contributed by atoms with van der Waals surface area (Å²) in [5.74, 6) is 0.00317. The molecule has 5 nitrogen and oxygen atoms in total. The van der Waals surface area contributed by atoms with Gasteiger partial charge in [0.15, 0.2) is 0 Å². The van der Waals surface area contributed by atoms with Crippen molar-refractivity contribution in [1.82, 2.24) is 4.90 Å². The Balaban J connectivity index is 2.08. The summed E-state index contributed by atoms with van der Waals surface area (Å²) in [6.07, 6.45) is -4.11. The Labute approximate surface area is 153 Å². The third-order valence-corrected chi connectivity index (χ3v) is 6.56. The summed E-state index contributed by atoms with van der Waals surface area (Å²) in [4.78, 5) is 2.01. The molecule has 0 spiro atoms. The van der Waals surface area contributed by atoms with E-state index in [4.69, 9.17) is 9.88 Å². The predicted octanol–water partition coefficient (Wildman–Crippen LogP) is 3.16. The molecular formula is C16H17F3N2O3S2. The van der Waals surface area contributed by atoms with Gasteiger partial charge in [-0.2, -0.15) is 13.2 Å². The Morgan fingerprint density at radius 2 is 2.00 bits per heavy atom. The number of alkyl halides is 3. The van der Waals surface area contributed by atoms with Crippen molar-refractivity contribution in [2.24, 2.45) is 5.14 Å². The first-order valence-corrected chi connectivity index (χ1v) is 10.2. The van der Waals surface area contributed by atoms with Crippen molar-refractivity contribution >= 4 is 21.4 Å². The summed E-state index contributed by atoms with van der Waals surface area (Å²) in [6, 6.07) is 4.57. The first-order chi connectivity index (χ1) is 12.1. The van der Waals surface area contributed by atoms with E-state index in [0.29, 0.717) is 13.0 Å². The number of nitrogens with two attached hydrogens (primary N) is 1. The standard InChI is InChI=1S/C16H17F3N2O3S2/c1-21-6-4-11(9-21)24-14-8-10(16(17,18)19)2-3-12(14)13-5-7-25-15(13)26(20,22)23/h2-3,5,7-8,11H,4,6,9H2,1H3,(H2,20,22,23)/t11-/m1/s1. The second kappa shape index (κ2) is 6.84. The third kappa shape index (κ3) is 4.03. The highest BCUT2D eigenvalue weighted by Crippen LogP contribution is 2.41. The van der Waals surface area contributed by atoms with Crippen LogP contribution in [0.4, 0.5) is 13.2 Å². The minimum Gasteiger partial charge on any atom is -0.488 e. The summed E-state index contributed by atoms with van der Waals surface area (Å²) in [7, 11) is -2.10. The highest BCUT2D eigenvalue weighted by molar-refractivity contribution is 7.91. The Morgan fingerprint density at radius 1 is 1.27 bits per heavy atom. The molecule has 1 saturated heterocycles. The summed E-state index contributed by atoms with van der Waals surface area (Å²) < 4.78 is 68.6. The molecule has 142 valence electrons. The van der Waals surface area contributed by atoms with Gasteiger partial charge in [-0.1, -0.05) is 0 Å². The fraction of sp³-hybridized carbons (Fsp3) is 0.375. The van der Waals surface area contributed by atoms with Gasteiger partial charge in [0.2, 0.25) is 10.0 Å². The molecule has 0 bridgehead atoms. The second-order valence-electron chi connectivity index (χ2n) is 6.17. The molecule has 0 unspecified atom stereocenters. The number of rotatable bonds is 4. The van der Waals surface area contributed by atoms with Gasteiger partial charge in [-0.3, -0.25) is 0 Å². The number of halogens is 3. The molecule has 0 saturated carbocycles. The van der Waals surface area contributed by atoms with E-state index in [0.717, 1.165) is 30.0 Å². The average molecular weight is 406 g/mol. The van der Waals surface area contributed by atoms with Crippen molar-refractivity contribution < 1.29 is 26.3 Å². The van der Waals surface area contributed by atoms with Gasteiger partial charge in [0.25, 0.3) is 0 Å². The number of likely N-dealkylation sites (tertiary alicyclic amines) is 1. The van der Waals surface area contributed by atoms with Gasteiger partial charge in [-0.15, -0.1) is 11.3 Å². The van der Waals surface area contributed by atoms with E-state index in [-0.39, 0.29) is 27.2 Å². The zero-order valence-corrected chi connectivity index (χ0v) is 15.4. The lowest BCUT2D eigenvalue weighted by Gasteiger charge is -2.19. The lowest BCUT2D eigenvalue weighted by molar-refractivity contribution is -0.137. The van der Waals surface area contributed by atoms with Crippen LogP contribution in [0.15, 0.2) is 33.9 Å². The van der Waals surface area contributed by atoms with Crippen molar-refractivity contribution in [2.45, 2.75) is 22.9 Å². The van der Waals surface area contributed by atoms with E-state index in [1.54, 1.807) is 0 Å². The van der Waals surface area contributed by atoms with Gasteiger partial charge in [0, 0.05) is 24.2 Å². The minimum atomic E-state index is -4.53. The van der Waals surface area contributed by atoms with Crippen molar-refractivity contribution in [3.63, 3.8) is 0 Å². The number of nitrogens with zero attached hydrogens (tertiary/aromatic N) is 1. The van der Waals surface area contributed by atoms with Gasteiger partial charge in [-0.25, -0.2) is 13.6 Å². The predicted molar refractivity (Wildman–Crippen MR) is 92.7 cm³/mol. The van der Waals surface area contributed by atoms with Crippen LogP contribution >= 0.6 is 11.3 Å². The highest BCUT2D eigenvalue weighted by atomic mass is 32.2. The molecule has 3 rings (SSSR count). The molecule has 0 amide bonds. The normalized spacial score (nSPS) is 19.0. The van der Waals surface area contributed by atoms with E-state index in [2.05, 4.69) is 0 Å². The maximum Gasteiger partial charge on any atom is 0.416 e. The molecule has 1 aliphatic heterocycles. The minimum absolute atomic E-state index is 0.00317. The number of primary sulfonamides is 1. The number of likely N-dealkylation sites (N-methyl/N-ethyl adjacent to an activating group) is 1. The zero-order valence-electron chi connectivity index (χ0n) is 13.8. The number of hydrogen-bond donors (Lipinski definition) is 1. The fourth-order valence-corrected chi connectivity index (χ4v) is 4.72. The van der Waals surface area contributed by atoms with Crippen LogP contribution in [0.1, 0.15) is 12.0 Å². The zero-order chi connectivity index (χ0) is 19.1. The van der Waals surface area contributed by atoms with E-state index in [1.165, 1.54) is 17.5 Å². The number of ether oxygens (including phenoxy) is 1. The van der Waals surface area contributed by atoms with Crippen LogP contribution in [0, 0.1) is 0 Å². The summed E-state index contributed by atoms with van der Waals surface area (Å²) in [5, 5.41) is 6.75. The molecule has 26 heavy (non-hydrogen) atoms.